The summed E-state index contributed by atoms with van der Waals surface area (Å²) in [5.41, 5.74) is 3.41. The smallest absolute Gasteiger partial charge is 0.329 e. The molecule has 0 saturated heterocycles. The van der Waals surface area contributed by atoms with E-state index in [2.05, 4.69) is 15.6 Å². The monoisotopic (exact) mass is 422 g/mol. The summed E-state index contributed by atoms with van der Waals surface area (Å²) in [5, 5.41) is 6.26. The summed E-state index contributed by atoms with van der Waals surface area (Å²) in [4.78, 5) is 41.5. The number of H-pyrrole nitrogens is 1. The van der Waals surface area contributed by atoms with Crippen molar-refractivity contribution in [3.05, 3.63) is 60.3 Å². The van der Waals surface area contributed by atoms with Crippen LogP contribution in [0.5, 0.6) is 0 Å². The molecule has 0 fully saturated rings. The summed E-state index contributed by atoms with van der Waals surface area (Å²) < 4.78 is 5.18. The van der Waals surface area contributed by atoms with E-state index in [0.29, 0.717) is 5.69 Å². The number of carbonyl (C=O) groups excluding carboxylic acids is 3. The van der Waals surface area contributed by atoms with Crippen LogP contribution in [0.15, 0.2) is 54.7 Å². The SMILES string of the molecule is CC(=O)N[C@@H](Cc1c[nH]c2ccccc12)C(=O)OCC(=O)Nc1ccc(N(C)C)cc1. The largest absolute Gasteiger partial charge is 0.454 e. The van der Waals surface area contributed by atoms with Gasteiger partial charge in [0.1, 0.15) is 6.04 Å². The van der Waals surface area contributed by atoms with E-state index in [0.717, 1.165) is 22.2 Å². The lowest BCUT2D eigenvalue weighted by molar-refractivity contribution is -0.150. The molecule has 3 N–H and O–H groups in total. The van der Waals surface area contributed by atoms with Gasteiger partial charge in [-0.25, -0.2) is 4.79 Å². The van der Waals surface area contributed by atoms with Crippen molar-refractivity contribution in [1.29, 1.82) is 0 Å². The first-order chi connectivity index (χ1) is 14.8. The van der Waals surface area contributed by atoms with Crippen molar-refractivity contribution < 1.29 is 19.1 Å². The van der Waals surface area contributed by atoms with Crippen molar-refractivity contribution in [2.45, 2.75) is 19.4 Å². The van der Waals surface area contributed by atoms with Gasteiger partial charge in [0.15, 0.2) is 6.61 Å². The molecule has 2 aromatic carbocycles. The predicted molar refractivity (Wildman–Crippen MR) is 120 cm³/mol. The second kappa shape index (κ2) is 9.80. The number of esters is 1. The summed E-state index contributed by atoms with van der Waals surface area (Å²) in [6.07, 6.45) is 2.05. The fourth-order valence-electron chi connectivity index (χ4n) is 3.24. The van der Waals surface area contributed by atoms with E-state index in [-0.39, 0.29) is 12.3 Å². The van der Waals surface area contributed by atoms with Gasteiger partial charge in [0, 0.05) is 55.9 Å². The Morgan fingerprint density at radius 2 is 1.77 bits per heavy atom. The summed E-state index contributed by atoms with van der Waals surface area (Å²) >= 11 is 0. The molecule has 31 heavy (non-hydrogen) atoms. The third-order valence-electron chi connectivity index (χ3n) is 4.77. The minimum absolute atomic E-state index is 0.246. The molecule has 1 aromatic heterocycles. The van der Waals surface area contributed by atoms with E-state index in [1.807, 2.05) is 55.4 Å². The van der Waals surface area contributed by atoms with Crippen molar-refractivity contribution in [1.82, 2.24) is 10.3 Å². The van der Waals surface area contributed by atoms with E-state index in [4.69, 9.17) is 4.74 Å². The van der Waals surface area contributed by atoms with Crippen LogP contribution in [-0.4, -0.2) is 49.5 Å². The Balaban J connectivity index is 1.59. The van der Waals surface area contributed by atoms with Gasteiger partial charge in [-0.2, -0.15) is 0 Å². The first-order valence-electron chi connectivity index (χ1n) is 9.89. The second-order valence-electron chi connectivity index (χ2n) is 7.41. The molecule has 1 heterocycles. The van der Waals surface area contributed by atoms with Crippen LogP contribution in [-0.2, 0) is 25.5 Å². The van der Waals surface area contributed by atoms with Crippen molar-refractivity contribution >= 4 is 40.1 Å². The van der Waals surface area contributed by atoms with E-state index < -0.39 is 24.5 Å². The highest BCUT2D eigenvalue weighted by Gasteiger charge is 2.23. The molecule has 3 rings (SSSR count). The molecule has 0 saturated carbocycles. The standard InChI is InChI=1S/C23H26N4O4/c1-15(28)25-21(12-16-13-24-20-7-5-4-6-19(16)20)23(30)31-14-22(29)26-17-8-10-18(11-9-17)27(2)3/h4-11,13,21,24H,12,14H2,1-3H3,(H,25,28)(H,26,29)/t21-/m0/s1. The lowest BCUT2D eigenvalue weighted by Crippen LogP contribution is -2.43. The van der Waals surface area contributed by atoms with Gasteiger partial charge in [0.2, 0.25) is 5.91 Å². The van der Waals surface area contributed by atoms with Crippen LogP contribution in [0.1, 0.15) is 12.5 Å². The molecular formula is C23H26N4O4. The second-order valence-corrected chi connectivity index (χ2v) is 7.41. The number of rotatable bonds is 8. The van der Waals surface area contributed by atoms with Gasteiger partial charge in [-0.1, -0.05) is 18.2 Å². The number of ether oxygens (including phenoxy) is 1. The van der Waals surface area contributed by atoms with Crippen molar-refractivity contribution in [3.8, 4) is 0 Å². The molecule has 3 aromatic rings. The highest BCUT2D eigenvalue weighted by atomic mass is 16.5. The Morgan fingerprint density at radius 3 is 2.45 bits per heavy atom. The molecule has 2 amide bonds. The molecule has 0 bridgehead atoms. The lowest BCUT2D eigenvalue weighted by atomic mass is 10.0. The number of nitrogens with zero attached hydrogens (tertiary/aromatic N) is 1. The normalized spacial score (nSPS) is 11.6. The topological polar surface area (TPSA) is 104 Å². The van der Waals surface area contributed by atoms with E-state index in [9.17, 15) is 14.4 Å². The maximum atomic E-state index is 12.6. The molecule has 0 aliphatic heterocycles. The number of carbonyl (C=O) groups is 3. The average Bonchev–Trinajstić information content (AvgIpc) is 3.14. The number of amides is 2. The van der Waals surface area contributed by atoms with E-state index >= 15 is 0 Å². The fourth-order valence-corrected chi connectivity index (χ4v) is 3.24. The molecule has 0 radical (unpaired) electrons. The predicted octanol–water partition coefficient (Wildman–Crippen LogP) is 2.46. The van der Waals surface area contributed by atoms with Crippen LogP contribution in [0.3, 0.4) is 0 Å². The molecule has 8 heteroatoms. The Kier molecular flexibility index (Phi) is 6.92. The molecule has 0 aliphatic rings. The summed E-state index contributed by atoms with van der Waals surface area (Å²) in [6.45, 7) is 0.887. The number of para-hydroxylation sites is 1. The van der Waals surface area contributed by atoms with Gasteiger partial charge in [-0.3, -0.25) is 9.59 Å². The van der Waals surface area contributed by atoms with Crippen LogP contribution < -0.4 is 15.5 Å². The first-order valence-corrected chi connectivity index (χ1v) is 9.89. The quantitative estimate of drug-likeness (QED) is 0.484. The number of hydrogen-bond acceptors (Lipinski definition) is 5. The van der Waals surface area contributed by atoms with Gasteiger partial charge >= 0.3 is 5.97 Å². The Bertz CT molecular complexity index is 1070. The number of aromatic amines is 1. The molecule has 1 atom stereocenters. The van der Waals surface area contributed by atoms with E-state index in [1.54, 1.807) is 18.3 Å². The zero-order valence-electron chi connectivity index (χ0n) is 17.8. The van der Waals surface area contributed by atoms with Gasteiger partial charge < -0.3 is 25.3 Å². The number of nitrogens with one attached hydrogen (secondary N) is 3. The number of fused-ring (bicyclic) bond motifs is 1. The highest BCUT2D eigenvalue weighted by molar-refractivity contribution is 5.94. The lowest BCUT2D eigenvalue weighted by Gasteiger charge is -2.17. The maximum Gasteiger partial charge on any atom is 0.329 e. The fraction of sp³-hybridized carbons (Fsp3) is 0.261. The van der Waals surface area contributed by atoms with Crippen LogP contribution >= 0.6 is 0 Å². The van der Waals surface area contributed by atoms with Crippen molar-refractivity contribution in [3.63, 3.8) is 0 Å². The minimum atomic E-state index is -0.899. The first kappa shape index (κ1) is 21.9. The van der Waals surface area contributed by atoms with Crippen LogP contribution in [0, 0.1) is 0 Å². The van der Waals surface area contributed by atoms with E-state index in [1.165, 1.54) is 6.92 Å². The number of aromatic nitrogens is 1. The van der Waals surface area contributed by atoms with Crippen LogP contribution in [0.25, 0.3) is 10.9 Å². The Morgan fingerprint density at radius 1 is 1.06 bits per heavy atom. The summed E-state index contributed by atoms with van der Waals surface area (Å²) in [7, 11) is 3.85. The molecule has 0 spiro atoms. The summed E-state index contributed by atoms with van der Waals surface area (Å²) in [5.74, 6) is -1.48. The third-order valence-corrected chi connectivity index (χ3v) is 4.77. The number of benzene rings is 2. The minimum Gasteiger partial charge on any atom is -0.454 e. The molecule has 0 unspecified atom stereocenters. The molecule has 162 valence electrons. The summed E-state index contributed by atoms with van der Waals surface area (Å²) in [6, 6.07) is 14.1. The van der Waals surface area contributed by atoms with Gasteiger partial charge in [0.05, 0.1) is 0 Å². The zero-order valence-corrected chi connectivity index (χ0v) is 17.8. The number of hydrogen-bond donors (Lipinski definition) is 3. The maximum absolute atomic E-state index is 12.6. The third kappa shape index (κ3) is 5.85. The van der Waals surface area contributed by atoms with Crippen LogP contribution in [0.2, 0.25) is 0 Å². The van der Waals surface area contributed by atoms with Crippen molar-refractivity contribution in [2.24, 2.45) is 0 Å². The van der Waals surface area contributed by atoms with Gasteiger partial charge in [-0.15, -0.1) is 0 Å². The Labute approximate surface area is 180 Å². The molecule has 8 nitrogen and oxygen atoms in total. The Hall–Kier alpha value is -3.81. The van der Waals surface area contributed by atoms with Gasteiger partial charge in [0.25, 0.3) is 5.91 Å². The highest BCUT2D eigenvalue weighted by Crippen LogP contribution is 2.19. The number of anilines is 2. The zero-order chi connectivity index (χ0) is 22.4. The molecule has 0 aliphatic carbocycles. The molecular weight excluding hydrogens is 396 g/mol. The van der Waals surface area contributed by atoms with Crippen LogP contribution in [0.4, 0.5) is 11.4 Å². The van der Waals surface area contributed by atoms with Gasteiger partial charge in [-0.05, 0) is 35.9 Å². The average molecular weight is 422 g/mol. The van der Waals surface area contributed by atoms with Crippen molar-refractivity contribution in [2.75, 3.05) is 30.9 Å².